The summed E-state index contributed by atoms with van der Waals surface area (Å²) in [5, 5.41) is 8.22. The summed E-state index contributed by atoms with van der Waals surface area (Å²) in [5.74, 6) is -2.49. The van der Waals surface area contributed by atoms with Crippen LogP contribution in [0.1, 0.15) is 48.4 Å². The molecule has 0 aromatic heterocycles. The normalized spacial score (nSPS) is 11.9. The van der Waals surface area contributed by atoms with Crippen molar-refractivity contribution in [3.8, 4) is 0 Å². The molecule has 3 amide bonds. The van der Waals surface area contributed by atoms with E-state index in [1.807, 2.05) is 13.8 Å². The molecule has 30 heavy (non-hydrogen) atoms. The van der Waals surface area contributed by atoms with Crippen LogP contribution in [0.15, 0.2) is 42.5 Å². The minimum atomic E-state index is -0.943. The van der Waals surface area contributed by atoms with E-state index in [9.17, 15) is 18.8 Å². The number of halogens is 2. The molecule has 6 nitrogen and oxygen atoms in total. The third-order valence-electron chi connectivity index (χ3n) is 4.26. The highest BCUT2D eigenvalue weighted by atomic mass is 35.5. The molecule has 8 heteroatoms. The number of carbonyl (C=O) groups excluding carboxylic acids is 3. The number of nitrogens with one attached hydrogen (secondary N) is 3. The van der Waals surface area contributed by atoms with Gasteiger partial charge < -0.3 is 16.0 Å². The van der Waals surface area contributed by atoms with Gasteiger partial charge in [-0.25, -0.2) is 4.39 Å². The van der Waals surface area contributed by atoms with Crippen LogP contribution >= 0.6 is 11.6 Å². The molecule has 0 bridgehead atoms. The standard InChI is InChI=1S/C22H25ClFN3O3/c1-12(2)19(27-21(29)15-7-5-6-8-17(15)24)22(30)26-18-11-14(9-10-16(18)23)20(28)25-13(3)4/h5-13,19H,1-4H3,(H,25,28)(H,26,30)(H,27,29). The molecule has 160 valence electrons. The molecule has 2 aromatic rings. The monoisotopic (exact) mass is 433 g/mol. The van der Waals surface area contributed by atoms with Crippen molar-refractivity contribution in [1.82, 2.24) is 10.6 Å². The fourth-order valence-corrected chi connectivity index (χ4v) is 2.88. The van der Waals surface area contributed by atoms with Crippen molar-refractivity contribution in [1.29, 1.82) is 0 Å². The summed E-state index contributed by atoms with van der Waals surface area (Å²) in [6.07, 6.45) is 0. The van der Waals surface area contributed by atoms with E-state index in [-0.39, 0.29) is 34.1 Å². The summed E-state index contributed by atoms with van der Waals surface area (Å²) >= 11 is 6.17. The Balaban J connectivity index is 2.20. The third kappa shape index (κ3) is 6.03. The van der Waals surface area contributed by atoms with Gasteiger partial charge in [0.2, 0.25) is 5.91 Å². The zero-order chi connectivity index (χ0) is 22.4. The first-order chi connectivity index (χ1) is 14.1. The van der Waals surface area contributed by atoms with E-state index in [1.165, 1.54) is 36.4 Å². The number of amides is 3. The Morgan fingerprint density at radius 3 is 2.20 bits per heavy atom. The van der Waals surface area contributed by atoms with Gasteiger partial charge in [-0.05, 0) is 50.1 Å². The zero-order valence-electron chi connectivity index (χ0n) is 17.3. The quantitative estimate of drug-likeness (QED) is 0.616. The van der Waals surface area contributed by atoms with E-state index in [4.69, 9.17) is 11.6 Å². The smallest absolute Gasteiger partial charge is 0.254 e. The van der Waals surface area contributed by atoms with Crippen LogP contribution in [0.2, 0.25) is 5.02 Å². The van der Waals surface area contributed by atoms with Crippen LogP contribution in [0.3, 0.4) is 0 Å². The molecule has 0 aliphatic rings. The number of hydrogen-bond donors (Lipinski definition) is 3. The van der Waals surface area contributed by atoms with Crippen LogP contribution in [-0.4, -0.2) is 29.8 Å². The second-order valence-electron chi connectivity index (χ2n) is 7.49. The largest absolute Gasteiger partial charge is 0.350 e. The summed E-state index contributed by atoms with van der Waals surface area (Å²) in [4.78, 5) is 37.5. The lowest BCUT2D eigenvalue weighted by Gasteiger charge is -2.22. The maximum atomic E-state index is 13.9. The summed E-state index contributed by atoms with van der Waals surface area (Å²) in [7, 11) is 0. The van der Waals surface area contributed by atoms with Crippen molar-refractivity contribution in [3.63, 3.8) is 0 Å². The molecule has 0 fully saturated rings. The lowest BCUT2D eigenvalue weighted by atomic mass is 10.0. The summed E-state index contributed by atoms with van der Waals surface area (Å²) < 4.78 is 13.9. The van der Waals surface area contributed by atoms with Gasteiger partial charge in [0.1, 0.15) is 11.9 Å². The van der Waals surface area contributed by atoms with E-state index in [2.05, 4.69) is 16.0 Å². The topological polar surface area (TPSA) is 87.3 Å². The van der Waals surface area contributed by atoms with Gasteiger partial charge >= 0.3 is 0 Å². The molecule has 0 spiro atoms. The predicted octanol–water partition coefficient (Wildman–Crippen LogP) is 4.01. The lowest BCUT2D eigenvalue weighted by molar-refractivity contribution is -0.118. The Kier molecular flexibility index (Phi) is 7.94. The number of carbonyl (C=O) groups is 3. The fraction of sp³-hybridized carbons (Fsp3) is 0.318. The van der Waals surface area contributed by atoms with E-state index in [0.29, 0.717) is 5.56 Å². The van der Waals surface area contributed by atoms with Gasteiger partial charge in [-0.15, -0.1) is 0 Å². The van der Waals surface area contributed by atoms with Crippen molar-refractivity contribution < 1.29 is 18.8 Å². The number of benzene rings is 2. The van der Waals surface area contributed by atoms with Gasteiger partial charge in [-0.3, -0.25) is 14.4 Å². The fourth-order valence-electron chi connectivity index (χ4n) is 2.72. The van der Waals surface area contributed by atoms with Crippen molar-refractivity contribution in [3.05, 3.63) is 64.4 Å². The van der Waals surface area contributed by atoms with Gasteiger partial charge in [-0.1, -0.05) is 37.6 Å². The first-order valence-electron chi connectivity index (χ1n) is 9.56. The Labute approximate surface area is 180 Å². The van der Waals surface area contributed by atoms with Crippen LogP contribution in [0, 0.1) is 11.7 Å². The van der Waals surface area contributed by atoms with E-state index < -0.39 is 23.7 Å². The molecule has 2 rings (SSSR count). The van der Waals surface area contributed by atoms with Crippen molar-refractivity contribution in [2.75, 3.05) is 5.32 Å². The second kappa shape index (κ2) is 10.2. The Morgan fingerprint density at radius 1 is 0.933 bits per heavy atom. The minimum absolute atomic E-state index is 0.0508. The molecular formula is C22H25ClFN3O3. The predicted molar refractivity (Wildman–Crippen MR) is 115 cm³/mol. The maximum Gasteiger partial charge on any atom is 0.254 e. The number of hydrogen-bond acceptors (Lipinski definition) is 3. The maximum absolute atomic E-state index is 13.9. The number of rotatable bonds is 7. The van der Waals surface area contributed by atoms with Crippen molar-refractivity contribution in [2.45, 2.75) is 39.8 Å². The molecule has 2 aromatic carbocycles. The first kappa shape index (κ1) is 23.3. The first-order valence-corrected chi connectivity index (χ1v) is 9.94. The lowest BCUT2D eigenvalue weighted by Crippen LogP contribution is -2.47. The molecule has 0 saturated heterocycles. The highest BCUT2D eigenvalue weighted by Crippen LogP contribution is 2.24. The average molecular weight is 434 g/mol. The van der Waals surface area contributed by atoms with E-state index in [1.54, 1.807) is 19.9 Å². The Bertz CT molecular complexity index is 947. The summed E-state index contributed by atoms with van der Waals surface area (Å²) in [5.41, 5.74) is 0.421. The molecule has 0 aliphatic carbocycles. The third-order valence-corrected chi connectivity index (χ3v) is 4.59. The Morgan fingerprint density at radius 2 is 1.60 bits per heavy atom. The zero-order valence-corrected chi connectivity index (χ0v) is 18.0. The van der Waals surface area contributed by atoms with Crippen molar-refractivity contribution >= 4 is 35.0 Å². The average Bonchev–Trinajstić information content (AvgIpc) is 2.67. The highest BCUT2D eigenvalue weighted by Gasteiger charge is 2.26. The van der Waals surface area contributed by atoms with Gasteiger partial charge in [0, 0.05) is 11.6 Å². The molecule has 1 atom stereocenters. The van der Waals surface area contributed by atoms with Gasteiger partial charge in [0.15, 0.2) is 0 Å². The second-order valence-corrected chi connectivity index (χ2v) is 7.89. The molecule has 0 aliphatic heterocycles. The van der Waals surface area contributed by atoms with Crippen LogP contribution in [0.25, 0.3) is 0 Å². The SMILES string of the molecule is CC(C)NC(=O)c1ccc(Cl)c(NC(=O)C(NC(=O)c2ccccc2F)C(C)C)c1. The van der Waals surface area contributed by atoms with Gasteiger partial charge in [0.25, 0.3) is 11.8 Å². The summed E-state index contributed by atoms with van der Waals surface area (Å²) in [6, 6.07) is 9.06. The van der Waals surface area contributed by atoms with Gasteiger partial charge in [-0.2, -0.15) is 0 Å². The minimum Gasteiger partial charge on any atom is -0.350 e. The van der Waals surface area contributed by atoms with Crippen LogP contribution in [0.5, 0.6) is 0 Å². The van der Waals surface area contributed by atoms with Crippen LogP contribution in [-0.2, 0) is 4.79 Å². The van der Waals surface area contributed by atoms with Crippen LogP contribution < -0.4 is 16.0 Å². The molecular weight excluding hydrogens is 409 g/mol. The molecule has 0 saturated carbocycles. The van der Waals surface area contributed by atoms with Gasteiger partial charge in [0.05, 0.1) is 16.3 Å². The highest BCUT2D eigenvalue weighted by molar-refractivity contribution is 6.34. The Hall–Kier alpha value is -2.93. The van der Waals surface area contributed by atoms with E-state index in [0.717, 1.165) is 0 Å². The molecule has 1 unspecified atom stereocenters. The van der Waals surface area contributed by atoms with Crippen LogP contribution in [0.4, 0.5) is 10.1 Å². The summed E-state index contributed by atoms with van der Waals surface area (Å²) in [6.45, 7) is 7.17. The van der Waals surface area contributed by atoms with E-state index >= 15 is 0 Å². The molecule has 0 radical (unpaired) electrons. The molecule has 0 heterocycles. The van der Waals surface area contributed by atoms with Crippen molar-refractivity contribution in [2.24, 2.45) is 5.92 Å². The molecule has 3 N–H and O–H groups in total. The number of anilines is 1.